The summed E-state index contributed by atoms with van der Waals surface area (Å²) in [4.78, 5) is 22.6. The molecule has 6 heteroatoms. The first-order valence-electron chi connectivity index (χ1n) is 5.81. The molecule has 0 aliphatic rings. The number of nitrogens with zero attached hydrogens (tertiary/aromatic N) is 1. The fourth-order valence-corrected chi connectivity index (χ4v) is 1.20. The van der Waals surface area contributed by atoms with E-state index in [2.05, 4.69) is 10.6 Å². The molecule has 100 valence electrons. The van der Waals surface area contributed by atoms with Crippen molar-refractivity contribution < 1.29 is 14.7 Å². The molecule has 0 rings (SSSR count). The molecule has 1 unspecified atom stereocenters. The molecular formula is C12H19N3O3. The number of nitriles is 1. The molecule has 0 aromatic carbocycles. The molecule has 0 aliphatic heterocycles. The van der Waals surface area contributed by atoms with Crippen LogP contribution in [0.1, 0.15) is 27.2 Å². The van der Waals surface area contributed by atoms with Gasteiger partial charge in [0.15, 0.2) is 0 Å². The molecule has 0 aromatic rings. The summed E-state index contributed by atoms with van der Waals surface area (Å²) in [6, 6.07) is 0.738. The third kappa shape index (κ3) is 5.34. The Morgan fingerprint density at radius 3 is 2.44 bits per heavy atom. The Hall–Kier alpha value is -2.03. The van der Waals surface area contributed by atoms with E-state index in [0.717, 1.165) is 6.42 Å². The molecule has 0 aliphatic carbocycles. The van der Waals surface area contributed by atoms with E-state index in [4.69, 9.17) is 10.4 Å². The first-order chi connectivity index (χ1) is 8.43. The molecule has 1 amide bonds. The van der Waals surface area contributed by atoms with E-state index >= 15 is 0 Å². The smallest absolute Gasteiger partial charge is 0.326 e. The third-order valence-corrected chi connectivity index (χ3v) is 2.23. The predicted molar refractivity (Wildman–Crippen MR) is 66.4 cm³/mol. The van der Waals surface area contributed by atoms with Crippen LogP contribution >= 0.6 is 0 Å². The van der Waals surface area contributed by atoms with Gasteiger partial charge in [0.05, 0.1) is 0 Å². The summed E-state index contributed by atoms with van der Waals surface area (Å²) in [6.07, 6.45) is 2.17. The van der Waals surface area contributed by atoms with Gasteiger partial charge in [0.25, 0.3) is 5.91 Å². The van der Waals surface area contributed by atoms with Crippen molar-refractivity contribution in [1.29, 1.82) is 5.26 Å². The number of carboxylic acid groups (broad SMARTS) is 1. The van der Waals surface area contributed by atoms with Crippen molar-refractivity contribution in [2.75, 3.05) is 6.54 Å². The number of carboxylic acids is 1. The zero-order valence-corrected chi connectivity index (χ0v) is 10.9. The van der Waals surface area contributed by atoms with Gasteiger partial charge in [0.2, 0.25) is 0 Å². The lowest BCUT2D eigenvalue weighted by Gasteiger charge is -2.17. The van der Waals surface area contributed by atoms with Crippen LogP contribution in [0.2, 0.25) is 0 Å². The molecule has 0 saturated heterocycles. The van der Waals surface area contributed by atoms with Crippen LogP contribution in [-0.2, 0) is 9.59 Å². The fourth-order valence-electron chi connectivity index (χ4n) is 1.20. The van der Waals surface area contributed by atoms with Crippen LogP contribution < -0.4 is 10.6 Å². The van der Waals surface area contributed by atoms with Gasteiger partial charge in [-0.15, -0.1) is 0 Å². The van der Waals surface area contributed by atoms with Crippen molar-refractivity contribution in [3.8, 4) is 6.07 Å². The van der Waals surface area contributed by atoms with Crippen molar-refractivity contribution in [1.82, 2.24) is 10.6 Å². The highest BCUT2D eigenvalue weighted by molar-refractivity contribution is 5.99. The molecule has 0 aromatic heterocycles. The monoisotopic (exact) mass is 253 g/mol. The largest absolute Gasteiger partial charge is 0.480 e. The summed E-state index contributed by atoms with van der Waals surface area (Å²) in [5.41, 5.74) is -0.129. The zero-order valence-electron chi connectivity index (χ0n) is 10.9. The minimum Gasteiger partial charge on any atom is -0.480 e. The lowest BCUT2D eigenvalue weighted by molar-refractivity contribution is -0.142. The van der Waals surface area contributed by atoms with Crippen LogP contribution in [0, 0.1) is 17.2 Å². The number of aliphatic carboxylic acids is 1. The molecular weight excluding hydrogens is 234 g/mol. The van der Waals surface area contributed by atoms with Gasteiger partial charge in [-0.25, -0.2) is 4.79 Å². The second kappa shape index (κ2) is 8.12. The van der Waals surface area contributed by atoms with Gasteiger partial charge in [-0.05, 0) is 12.3 Å². The highest BCUT2D eigenvalue weighted by Crippen LogP contribution is 2.03. The van der Waals surface area contributed by atoms with Crippen LogP contribution in [-0.4, -0.2) is 29.6 Å². The number of amides is 1. The molecule has 1 atom stereocenters. The molecule has 0 radical (unpaired) electrons. The topological polar surface area (TPSA) is 102 Å². The van der Waals surface area contributed by atoms with Gasteiger partial charge in [-0.2, -0.15) is 5.26 Å². The lowest BCUT2D eigenvalue weighted by Crippen LogP contribution is -2.44. The van der Waals surface area contributed by atoms with Gasteiger partial charge in [0, 0.05) is 12.7 Å². The highest BCUT2D eigenvalue weighted by Gasteiger charge is 2.24. The molecule has 18 heavy (non-hydrogen) atoms. The van der Waals surface area contributed by atoms with E-state index in [1.165, 1.54) is 6.20 Å². The minimum absolute atomic E-state index is 0.129. The van der Waals surface area contributed by atoms with Crippen LogP contribution in [0.25, 0.3) is 0 Å². The van der Waals surface area contributed by atoms with E-state index in [9.17, 15) is 9.59 Å². The van der Waals surface area contributed by atoms with E-state index < -0.39 is 17.9 Å². The first-order valence-corrected chi connectivity index (χ1v) is 5.81. The van der Waals surface area contributed by atoms with Gasteiger partial charge < -0.3 is 15.7 Å². The van der Waals surface area contributed by atoms with Crippen LogP contribution in [0.5, 0.6) is 0 Å². The van der Waals surface area contributed by atoms with E-state index in [-0.39, 0.29) is 11.5 Å². The van der Waals surface area contributed by atoms with Gasteiger partial charge in [-0.3, -0.25) is 4.79 Å². The first kappa shape index (κ1) is 16.0. The average molecular weight is 253 g/mol. The number of carbonyl (C=O) groups is 2. The summed E-state index contributed by atoms with van der Waals surface area (Å²) >= 11 is 0. The Balaban J connectivity index is 4.66. The summed E-state index contributed by atoms with van der Waals surface area (Å²) < 4.78 is 0. The molecule has 6 nitrogen and oxygen atoms in total. The molecule has 0 spiro atoms. The van der Waals surface area contributed by atoms with Crippen LogP contribution in [0.15, 0.2) is 11.8 Å². The summed E-state index contributed by atoms with van der Waals surface area (Å²) in [5, 5.41) is 22.9. The zero-order chi connectivity index (χ0) is 14.1. The molecule has 3 N–H and O–H groups in total. The maximum absolute atomic E-state index is 11.7. The minimum atomic E-state index is -1.11. The van der Waals surface area contributed by atoms with Crippen molar-refractivity contribution in [3.05, 3.63) is 11.8 Å². The number of rotatable bonds is 7. The SMILES string of the molecule is CCCN/C=C(/C#N)C(=O)NC(C(=O)O)C(C)C. The lowest BCUT2D eigenvalue weighted by atomic mass is 10.0. The van der Waals surface area contributed by atoms with E-state index in [1.54, 1.807) is 19.9 Å². The number of nitrogens with one attached hydrogen (secondary N) is 2. The van der Waals surface area contributed by atoms with Crippen molar-refractivity contribution in [3.63, 3.8) is 0 Å². The molecule has 0 fully saturated rings. The Labute approximate surface area is 107 Å². The molecule has 0 bridgehead atoms. The van der Waals surface area contributed by atoms with Crippen molar-refractivity contribution in [2.24, 2.45) is 5.92 Å². The normalized spacial score (nSPS) is 12.7. The summed E-state index contributed by atoms with van der Waals surface area (Å²) in [5.74, 6) is -2.05. The maximum atomic E-state index is 11.7. The van der Waals surface area contributed by atoms with Gasteiger partial charge >= 0.3 is 5.97 Å². The molecule has 0 heterocycles. The fraction of sp³-hybridized carbons (Fsp3) is 0.583. The summed E-state index contributed by atoms with van der Waals surface area (Å²) in [6.45, 7) is 5.96. The second-order valence-corrected chi connectivity index (χ2v) is 4.16. The van der Waals surface area contributed by atoms with Crippen LogP contribution in [0.4, 0.5) is 0 Å². The maximum Gasteiger partial charge on any atom is 0.326 e. The Morgan fingerprint density at radius 2 is 2.06 bits per heavy atom. The number of hydrogen-bond donors (Lipinski definition) is 3. The average Bonchev–Trinajstić information content (AvgIpc) is 2.30. The standard InChI is InChI=1S/C12H19N3O3/c1-4-5-14-7-9(6-13)11(16)15-10(8(2)3)12(17)18/h7-8,10,14H,4-5H2,1-3H3,(H,15,16)(H,17,18)/b9-7-. The summed E-state index contributed by atoms with van der Waals surface area (Å²) in [7, 11) is 0. The number of hydrogen-bond acceptors (Lipinski definition) is 4. The van der Waals surface area contributed by atoms with Crippen LogP contribution in [0.3, 0.4) is 0 Å². The Kier molecular flexibility index (Phi) is 7.20. The predicted octanol–water partition coefficient (Wildman–Crippen LogP) is 0.619. The Morgan fingerprint density at radius 1 is 1.44 bits per heavy atom. The van der Waals surface area contributed by atoms with Crippen molar-refractivity contribution >= 4 is 11.9 Å². The van der Waals surface area contributed by atoms with E-state index in [1.807, 2.05) is 6.92 Å². The quantitative estimate of drug-likeness (QED) is 0.350. The number of carbonyl (C=O) groups excluding carboxylic acids is 1. The van der Waals surface area contributed by atoms with E-state index in [0.29, 0.717) is 6.54 Å². The second-order valence-electron chi connectivity index (χ2n) is 4.16. The highest BCUT2D eigenvalue weighted by atomic mass is 16.4. The Bertz CT molecular complexity index is 369. The van der Waals surface area contributed by atoms with Crippen molar-refractivity contribution in [2.45, 2.75) is 33.2 Å². The van der Waals surface area contributed by atoms with Gasteiger partial charge in [-0.1, -0.05) is 20.8 Å². The molecule has 0 saturated carbocycles. The third-order valence-electron chi connectivity index (χ3n) is 2.23. The van der Waals surface area contributed by atoms with Gasteiger partial charge in [0.1, 0.15) is 17.7 Å².